The normalized spacial score (nSPS) is 11.7. The monoisotopic (exact) mass is 301 g/mol. The molecule has 1 unspecified atom stereocenters. The van der Waals surface area contributed by atoms with E-state index in [4.69, 9.17) is 20.3 Å². The first-order chi connectivity index (χ1) is 10.6. The van der Waals surface area contributed by atoms with E-state index in [1.54, 1.807) is 18.2 Å². The van der Waals surface area contributed by atoms with Crippen LogP contribution in [-0.2, 0) is 11.4 Å². The summed E-state index contributed by atoms with van der Waals surface area (Å²) in [7, 11) is 0. The van der Waals surface area contributed by atoms with E-state index in [2.05, 4.69) is 0 Å². The number of rotatable bonds is 7. The van der Waals surface area contributed by atoms with Crippen molar-refractivity contribution < 1.29 is 19.4 Å². The zero-order valence-electron chi connectivity index (χ0n) is 12.4. The molecule has 0 fully saturated rings. The summed E-state index contributed by atoms with van der Waals surface area (Å²) in [5.41, 5.74) is 7.14. The van der Waals surface area contributed by atoms with Crippen molar-refractivity contribution in [1.29, 1.82) is 0 Å². The standard InChI is InChI=1S/C17H19NO4/c1-2-21-15-10-13(16(18)17(19)20)8-9-14(15)22-11-12-6-4-3-5-7-12/h3-10,16H,2,11,18H2,1H3,(H,19,20). The second kappa shape index (κ2) is 7.47. The van der Waals surface area contributed by atoms with Gasteiger partial charge in [0.25, 0.3) is 0 Å². The number of hydrogen-bond donors (Lipinski definition) is 2. The highest BCUT2D eigenvalue weighted by atomic mass is 16.5. The summed E-state index contributed by atoms with van der Waals surface area (Å²) in [6, 6.07) is 13.6. The molecule has 5 heteroatoms. The van der Waals surface area contributed by atoms with Gasteiger partial charge in [-0.3, -0.25) is 4.79 Å². The minimum Gasteiger partial charge on any atom is -0.490 e. The molecule has 0 saturated heterocycles. The Morgan fingerprint density at radius 1 is 1.14 bits per heavy atom. The molecule has 0 amide bonds. The van der Waals surface area contributed by atoms with Crippen molar-refractivity contribution in [2.24, 2.45) is 5.73 Å². The molecular formula is C17H19NO4. The molecule has 0 heterocycles. The summed E-state index contributed by atoms with van der Waals surface area (Å²) < 4.78 is 11.3. The van der Waals surface area contributed by atoms with E-state index in [1.165, 1.54) is 0 Å². The summed E-state index contributed by atoms with van der Waals surface area (Å²) >= 11 is 0. The zero-order chi connectivity index (χ0) is 15.9. The number of ether oxygens (including phenoxy) is 2. The fraction of sp³-hybridized carbons (Fsp3) is 0.235. The molecule has 0 aliphatic carbocycles. The van der Waals surface area contributed by atoms with Crippen molar-refractivity contribution in [2.75, 3.05) is 6.61 Å². The van der Waals surface area contributed by atoms with Gasteiger partial charge in [0.05, 0.1) is 6.61 Å². The van der Waals surface area contributed by atoms with Crippen LogP contribution in [0.25, 0.3) is 0 Å². The Morgan fingerprint density at radius 3 is 2.50 bits per heavy atom. The van der Waals surface area contributed by atoms with E-state index < -0.39 is 12.0 Å². The third-order valence-corrected chi connectivity index (χ3v) is 3.13. The van der Waals surface area contributed by atoms with Crippen LogP contribution in [0.4, 0.5) is 0 Å². The van der Waals surface area contributed by atoms with Gasteiger partial charge >= 0.3 is 5.97 Å². The largest absolute Gasteiger partial charge is 0.490 e. The van der Waals surface area contributed by atoms with Crippen LogP contribution >= 0.6 is 0 Å². The molecule has 3 N–H and O–H groups in total. The molecule has 1 atom stereocenters. The predicted octanol–water partition coefficient (Wildman–Crippen LogP) is 2.75. The summed E-state index contributed by atoms with van der Waals surface area (Å²) in [5, 5.41) is 8.98. The molecule has 0 bridgehead atoms. The molecule has 0 saturated carbocycles. The van der Waals surface area contributed by atoms with E-state index in [1.807, 2.05) is 37.3 Å². The SMILES string of the molecule is CCOc1cc(C(N)C(=O)O)ccc1OCc1ccccc1. The van der Waals surface area contributed by atoms with E-state index >= 15 is 0 Å². The molecule has 2 aromatic carbocycles. The highest BCUT2D eigenvalue weighted by Crippen LogP contribution is 2.31. The molecule has 116 valence electrons. The zero-order valence-corrected chi connectivity index (χ0v) is 12.4. The highest BCUT2D eigenvalue weighted by molar-refractivity contribution is 5.75. The Bertz CT molecular complexity index is 628. The Hall–Kier alpha value is -2.53. The van der Waals surface area contributed by atoms with Gasteiger partial charge < -0.3 is 20.3 Å². The van der Waals surface area contributed by atoms with E-state index in [0.29, 0.717) is 30.3 Å². The maximum Gasteiger partial charge on any atom is 0.325 e. The first-order valence-electron chi connectivity index (χ1n) is 7.03. The van der Waals surface area contributed by atoms with Crippen LogP contribution in [-0.4, -0.2) is 17.7 Å². The number of hydrogen-bond acceptors (Lipinski definition) is 4. The molecule has 0 aromatic heterocycles. The van der Waals surface area contributed by atoms with Crippen molar-refractivity contribution in [3.8, 4) is 11.5 Å². The number of nitrogens with two attached hydrogens (primary N) is 1. The van der Waals surface area contributed by atoms with Crippen LogP contribution in [0.2, 0.25) is 0 Å². The van der Waals surface area contributed by atoms with Gasteiger partial charge in [0.15, 0.2) is 11.5 Å². The number of aliphatic carboxylic acids is 1. The number of carboxylic acid groups (broad SMARTS) is 1. The predicted molar refractivity (Wildman–Crippen MR) is 82.9 cm³/mol. The lowest BCUT2D eigenvalue weighted by Crippen LogP contribution is -2.20. The average molecular weight is 301 g/mol. The summed E-state index contributed by atoms with van der Waals surface area (Å²) in [5.74, 6) is -0.0277. The Morgan fingerprint density at radius 2 is 1.86 bits per heavy atom. The van der Waals surface area contributed by atoms with Crippen molar-refractivity contribution in [3.63, 3.8) is 0 Å². The first-order valence-corrected chi connectivity index (χ1v) is 7.03. The topological polar surface area (TPSA) is 81.8 Å². The fourth-order valence-corrected chi connectivity index (χ4v) is 1.98. The van der Waals surface area contributed by atoms with Crippen LogP contribution in [0, 0.1) is 0 Å². The second-order valence-corrected chi connectivity index (χ2v) is 4.73. The Balaban J connectivity index is 2.17. The van der Waals surface area contributed by atoms with E-state index in [9.17, 15) is 4.79 Å². The smallest absolute Gasteiger partial charge is 0.325 e. The molecule has 5 nitrogen and oxygen atoms in total. The summed E-state index contributed by atoms with van der Waals surface area (Å²) in [6.45, 7) is 2.71. The third kappa shape index (κ3) is 3.99. The molecule has 2 aromatic rings. The summed E-state index contributed by atoms with van der Waals surface area (Å²) in [6.07, 6.45) is 0. The van der Waals surface area contributed by atoms with Crippen LogP contribution < -0.4 is 15.2 Å². The third-order valence-electron chi connectivity index (χ3n) is 3.13. The van der Waals surface area contributed by atoms with Crippen molar-refractivity contribution >= 4 is 5.97 Å². The lowest BCUT2D eigenvalue weighted by Gasteiger charge is -2.15. The Kier molecular flexibility index (Phi) is 5.38. The number of benzene rings is 2. The molecule has 2 rings (SSSR count). The van der Waals surface area contributed by atoms with Gasteiger partial charge in [-0.05, 0) is 30.2 Å². The lowest BCUT2D eigenvalue weighted by atomic mass is 10.1. The number of carbonyl (C=O) groups is 1. The van der Waals surface area contributed by atoms with Crippen LogP contribution in [0.15, 0.2) is 48.5 Å². The van der Waals surface area contributed by atoms with Gasteiger partial charge in [0, 0.05) is 0 Å². The average Bonchev–Trinajstić information content (AvgIpc) is 2.54. The quantitative estimate of drug-likeness (QED) is 0.821. The van der Waals surface area contributed by atoms with E-state index in [0.717, 1.165) is 5.56 Å². The van der Waals surface area contributed by atoms with Crippen molar-refractivity contribution in [1.82, 2.24) is 0 Å². The van der Waals surface area contributed by atoms with Gasteiger partial charge in [-0.1, -0.05) is 36.4 Å². The van der Waals surface area contributed by atoms with Crippen molar-refractivity contribution in [2.45, 2.75) is 19.6 Å². The molecule has 0 radical (unpaired) electrons. The van der Waals surface area contributed by atoms with Gasteiger partial charge in [-0.25, -0.2) is 0 Å². The fourth-order valence-electron chi connectivity index (χ4n) is 1.98. The van der Waals surface area contributed by atoms with Gasteiger partial charge in [-0.15, -0.1) is 0 Å². The van der Waals surface area contributed by atoms with Gasteiger partial charge in [0.1, 0.15) is 12.6 Å². The molecule has 22 heavy (non-hydrogen) atoms. The second-order valence-electron chi connectivity index (χ2n) is 4.73. The summed E-state index contributed by atoms with van der Waals surface area (Å²) in [4.78, 5) is 11.0. The maximum atomic E-state index is 11.0. The highest BCUT2D eigenvalue weighted by Gasteiger charge is 2.17. The first kappa shape index (κ1) is 15.9. The molecular weight excluding hydrogens is 282 g/mol. The minimum atomic E-state index is -1.08. The molecule has 0 spiro atoms. The van der Waals surface area contributed by atoms with Crippen LogP contribution in [0.3, 0.4) is 0 Å². The van der Waals surface area contributed by atoms with Crippen molar-refractivity contribution in [3.05, 3.63) is 59.7 Å². The lowest BCUT2D eigenvalue weighted by molar-refractivity contribution is -0.138. The Labute approximate surface area is 129 Å². The minimum absolute atomic E-state index is 0.408. The van der Waals surface area contributed by atoms with Gasteiger partial charge in [-0.2, -0.15) is 0 Å². The van der Waals surface area contributed by atoms with Crippen LogP contribution in [0.1, 0.15) is 24.1 Å². The number of carboxylic acids is 1. The van der Waals surface area contributed by atoms with Gasteiger partial charge in [0.2, 0.25) is 0 Å². The molecule has 0 aliphatic rings. The van der Waals surface area contributed by atoms with Crippen LogP contribution in [0.5, 0.6) is 11.5 Å². The molecule has 0 aliphatic heterocycles. The maximum absolute atomic E-state index is 11.0. The van der Waals surface area contributed by atoms with E-state index in [-0.39, 0.29) is 0 Å².